The first-order valence-corrected chi connectivity index (χ1v) is 19.5. The van der Waals surface area contributed by atoms with Gasteiger partial charge in [-0.15, -0.1) is 0 Å². The number of amides is 7. The molecule has 16 heteroatoms. The van der Waals surface area contributed by atoms with E-state index in [1.54, 1.807) is 50.5 Å². The Kier molecular flexibility index (Phi) is 31.7. The van der Waals surface area contributed by atoms with Crippen LogP contribution >= 0.6 is 0 Å². The highest BCUT2D eigenvalue weighted by Crippen LogP contribution is 2.14. The number of carbonyl (C=O) groups is 7. The second kappa shape index (κ2) is 31.2. The molecule has 0 aliphatic carbocycles. The van der Waals surface area contributed by atoms with Gasteiger partial charge in [0.15, 0.2) is 0 Å². The average molecular weight is 748 g/mol. The van der Waals surface area contributed by atoms with Gasteiger partial charge in [-0.25, -0.2) is 0 Å². The van der Waals surface area contributed by atoms with Gasteiger partial charge in [0.25, 0.3) is 0 Å². The zero-order chi connectivity index (χ0) is 40.1. The Morgan fingerprint density at radius 3 is 1.45 bits per heavy atom. The number of rotatable bonds is 2. The molecule has 0 bridgehead atoms. The molecule has 298 valence electrons. The highest BCUT2D eigenvalue weighted by atomic mass is 32.2. The maximum absolute atomic E-state index is 10.7. The van der Waals surface area contributed by atoms with Crippen LogP contribution in [0.2, 0.25) is 0 Å². The third kappa shape index (κ3) is 32.1. The summed E-state index contributed by atoms with van der Waals surface area (Å²) in [5, 5.41) is 5.46. The van der Waals surface area contributed by atoms with Crippen molar-refractivity contribution in [2.75, 3.05) is 81.0 Å². The molecule has 2 unspecified atom stereocenters. The maximum Gasteiger partial charge on any atom is 0.222 e. The molecular formula is C35H69N7O8S. The van der Waals surface area contributed by atoms with E-state index in [0.717, 1.165) is 96.8 Å². The second-order valence-electron chi connectivity index (χ2n) is 13.1. The lowest BCUT2D eigenvalue weighted by Crippen LogP contribution is -2.25. The molecule has 0 radical (unpaired) electrons. The van der Waals surface area contributed by atoms with Crippen molar-refractivity contribution in [3.8, 4) is 0 Å². The van der Waals surface area contributed by atoms with Crippen LogP contribution in [0.15, 0.2) is 0 Å². The molecule has 5 saturated heterocycles. The zero-order valence-electron chi connectivity index (χ0n) is 33.5. The lowest BCUT2D eigenvalue weighted by molar-refractivity contribution is -0.128. The molecule has 5 rings (SSSR count). The van der Waals surface area contributed by atoms with Gasteiger partial charge in [-0.2, -0.15) is 0 Å². The molecule has 0 aromatic heterocycles. The molecule has 15 nitrogen and oxygen atoms in total. The number of hydrogen-bond donors (Lipinski definition) is 2. The maximum atomic E-state index is 10.7. The Morgan fingerprint density at radius 2 is 1.33 bits per heavy atom. The molecule has 0 saturated carbocycles. The van der Waals surface area contributed by atoms with Crippen molar-refractivity contribution in [2.45, 2.75) is 104 Å². The number of nitrogens with zero attached hydrogens (tertiary/aromatic N) is 5. The van der Waals surface area contributed by atoms with Crippen molar-refractivity contribution in [2.24, 2.45) is 0 Å². The van der Waals surface area contributed by atoms with Crippen LogP contribution in [0.1, 0.15) is 91.9 Å². The average Bonchev–Trinajstić information content (AvgIpc) is 3.91. The summed E-state index contributed by atoms with van der Waals surface area (Å²) >= 11 is 0. The van der Waals surface area contributed by atoms with Crippen molar-refractivity contribution in [1.82, 2.24) is 35.1 Å². The Balaban J connectivity index is -0.000000521. The molecule has 0 aromatic carbocycles. The fourth-order valence-electron chi connectivity index (χ4n) is 4.10. The quantitative estimate of drug-likeness (QED) is 0.399. The standard InChI is InChI=1S/2C6H11NO.2C5H9NO.C4H7NO.C4H9NO.C3H7NO.C2H6OS/c1-5-3-4-6(8)7(5)2;1-2-7-5-3-4-6(7)8;1-6-4-2-3-5(6)7;1-4-2-3-5(7)6-4;6-4-2-1-3-5-4;1-4(6)5(2)3;1-4(2)3-5;1-4(2)3/h5H,3-4H2,1-2H3;2-5H2,1H3;2-4H2,1H3;4H,2-3H2,1H3,(H,6,7);1-3H2,(H,5,6);1-3H3;3H,1-2H3;1-2H3. The predicted octanol–water partition coefficient (Wildman–Crippen LogP) is 1.47. The van der Waals surface area contributed by atoms with Gasteiger partial charge in [-0.1, -0.05) is 0 Å². The minimum atomic E-state index is -0.611. The molecule has 5 aliphatic heterocycles. The van der Waals surface area contributed by atoms with E-state index in [1.807, 2.05) is 32.8 Å². The highest BCUT2D eigenvalue weighted by Gasteiger charge is 2.22. The third-order valence-electron chi connectivity index (χ3n) is 7.65. The van der Waals surface area contributed by atoms with E-state index in [-0.39, 0.29) is 23.6 Å². The lowest BCUT2D eigenvalue weighted by Gasteiger charge is -2.13. The fraction of sp³-hybridized carbons (Fsp3) is 0.800. The van der Waals surface area contributed by atoms with E-state index in [1.165, 1.54) is 16.7 Å². The van der Waals surface area contributed by atoms with Crippen LogP contribution in [-0.2, 0) is 44.4 Å². The second-order valence-corrected chi connectivity index (χ2v) is 14.6. The summed E-state index contributed by atoms with van der Waals surface area (Å²) in [6.45, 7) is 11.4. The van der Waals surface area contributed by atoms with Crippen molar-refractivity contribution in [1.29, 1.82) is 0 Å². The normalized spacial score (nSPS) is 19.6. The smallest absolute Gasteiger partial charge is 0.222 e. The van der Waals surface area contributed by atoms with E-state index >= 15 is 0 Å². The topological polar surface area (TPSA) is 177 Å². The summed E-state index contributed by atoms with van der Waals surface area (Å²) in [4.78, 5) is 80.3. The van der Waals surface area contributed by atoms with Crippen molar-refractivity contribution in [3.63, 3.8) is 0 Å². The van der Waals surface area contributed by atoms with Crippen molar-refractivity contribution < 1.29 is 37.8 Å². The van der Waals surface area contributed by atoms with Gasteiger partial charge in [-0.05, 0) is 52.9 Å². The number of carbonyl (C=O) groups excluding carboxylic acids is 7. The van der Waals surface area contributed by atoms with E-state index < -0.39 is 10.8 Å². The van der Waals surface area contributed by atoms with Crippen molar-refractivity contribution in [3.05, 3.63) is 0 Å². The van der Waals surface area contributed by atoms with E-state index in [4.69, 9.17) is 0 Å². The van der Waals surface area contributed by atoms with Crippen molar-refractivity contribution >= 4 is 52.7 Å². The lowest BCUT2D eigenvalue weighted by atomic mass is 10.2. The van der Waals surface area contributed by atoms with E-state index in [2.05, 4.69) is 17.6 Å². The summed E-state index contributed by atoms with van der Waals surface area (Å²) in [5.74, 6) is 1.41. The third-order valence-corrected chi connectivity index (χ3v) is 7.65. The van der Waals surface area contributed by atoms with Crippen LogP contribution in [0.25, 0.3) is 0 Å². The van der Waals surface area contributed by atoms with Gasteiger partial charge in [-0.3, -0.25) is 37.8 Å². The Bertz CT molecular complexity index is 1050. The molecule has 5 aliphatic rings. The molecule has 2 atom stereocenters. The molecular weight excluding hydrogens is 678 g/mol. The van der Waals surface area contributed by atoms with Gasteiger partial charge in [0.1, 0.15) is 0 Å². The molecule has 51 heavy (non-hydrogen) atoms. The molecule has 5 fully saturated rings. The van der Waals surface area contributed by atoms with Crippen LogP contribution in [0.5, 0.6) is 0 Å². The van der Waals surface area contributed by atoms with Crippen LogP contribution in [-0.4, -0.2) is 164 Å². The predicted molar refractivity (Wildman–Crippen MR) is 203 cm³/mol. The minimum Gasteiger partial charge on any atom is -0.356 e. The van der Waals surface area contributed by atoms with Crippen LogP contribution in [0, 0.1) is 0 Å². The van der Waals surface area contributed by atoms with Gasteiger partial charge in [0.2, 0.25) is 41.9 Å². The number of likely N-dealkylation sites (tertiary alicyclic amines) is 3. The van der Waals surface area contributed by atoms with Gasteiger partial charge in [0, 0.05) is 143 Å². The zero-order valence-corrected chi connectivity index (χ0v) is 34.4. The number of hydrogen-bond acceptors (Lipinski definition) is 8. The minimum absolute atomic E-state index is 0.0926. The summed E-state index contributed by atoms with van der Waals surface area (Å²) in [6.07, 6.45) is 13.0. The summed E-state index contributed by atoms with van der Waals surface area (Å²) in [6, 6.07) is 0.898. The van der Waals surface area contributed by atoms with E-state index in [0.29, 0.717) is 23.9 Å². The molecule has 7 amide bonds. The van der Waals surface area contributed by atoms with Gasteiger partial charge < -0.3 is 35.1 Å². The van der Waals surface area contributed by atoms with Gasteiger partial charge >= 0.3 is 0 Å². The summed E-state index contributed by atoms with van der Waals surface area (Å²) in [5.41, 5.74) is 0. The number of nitrogens with one attached hydrogen (secondary N) is 2. The fourth-order valence-corrected chi connectivity index (χ4v) is 4.10. The summed E-state index contributed by atoms with van der Waals surface area (Å²) in [7, 11) is 9.92. The Morgan fingerprint density at radius 1 is 0.824 bits per heavy atom. The molecule has 2 N–H and O–H groups in total. The summed E-state index contributed by atoms with van der Waals surface area (Å²) < 4.78 is 9.56. The Labute approximate surface area is 310 Å². The highest BCUT2D eigenvalue weighted by molar-refractivity contribution is 7.83. The van der Waals surface area contributed by atoms with Crippen LogP contribution < -0.4 is 10.6 Å². The molecule has 5 heterocycles. The first-order chi connectivity index (χ1) is 23.7. The first-order valence-electron chi connectivity index (χ1n) is 17.6. The monoisotopic (exact) mass is 747 g/mol. The molecule has 0 aromatic rings. The Hall–Kier alpha value is -3.56. The largest absolute Gasteiger partial charge is 0.356 e. The van der Waals surface area contributed by atoms with Gasteiger partial charge in [0.05, 0.1) is 0 Å². The SMILES string of the molecule is CC(=O)N(C)C.CC1CCC(=O)N1.CC1CCC(=O)N1C.CCN1CCCC1=O.CN(C)C=O.CN1CCCC1=O.CS(C)=O.O=C1CCCN1. The van der Waals surface area contributed by atoms with Crippen LogP contribution in [0.4, 0.5) is 0 Å². The molecule has 0 spiro atoms. The van der Waals surface area contributed by atoms with E-state index in [9.17, 15) is 37.8 Å². The van der Waals surface area contributed by atoms with Crippen LogP contribution in [0.3, 0.4) is 0 Å². The first kappa shape index (κ1) is 51.8.